The Morgan fingerprint density at radius 3 is 2.40 bits per heavy atom. The highest BCUT2D eigenvalue weighted by molar-refractivity contribution is 5.50. The summed E-state index contributed by atoms with van der Waals surface area (Å²) in [7, 11) is 0. The lowest BCUT2D eigenvalue weighted by atomic mass is 10.1. The van der Waals surface area contributed by atoms with Crippen LogP contribution in [-0.4, -0.2) is 29.8 Å². The van der Waals surface area contributed by atoms with Gasteiger partial charge in [0.1, 0.15) is 12.7 Å². The molecule has 2 N–H and O–H groups in total. The first-order chi connectivity index (χ1) is 9.49. The van der Waals surface area contributed by atoms with Gasteiger partial charge in [-0.25, -0.2) is 4.68 Å². The van der Waals surface area contributed by atoms with E-state index in [0.29, 0.717) is 0 Å². The third kappa shape index (κ3) is 2.67. The number of non-ortho nitro benzene ring substituents is 1. The van der Waals surface area contributed by atoms with Crippen LogP contribution in [0.1, 0.15) is 11.8 Å². The van der Waals surface area contributed by atoms with Gasteiger partial charge in [-0.3, -0.25) is 25.7 Å². The largest absolute Gasteiger partial charge is 0.368 e. The Balaban J connectivity index is 2.35. The van der Waals surface area contributed by atoms with Gasteiger partial charge < -0.3 is 5.11 Å². The maximum atomic E-state index is 10.9. The Morgan fingerprint density at radius 2 is 1.85 bits per heavy atom. The first-order valence-electron chi connectivity index (χ1n) is 5.21. The average Bonchev–Trinajstić information content (AvgIpc) is 2.90. The molecule has 2 rings (SSSR count). The lowest BCUT2D eigenvalue weighted by molar-refractivity contribution is -0.394. The van der Waals surface area contributed by atoms with Gasteiger partial charge in [-0.2, -0.15) is 0 Å². The molecule has 0 bridgehead atoms. The van der Waals surface area contributed by atoms with E-state index in [1.165, 1.54) is 17.3 Å². The molecule has 104 valence electrons. The predicted molar refractivity (Wildman–Crippen MR) is 64.1 cm³/mol. The number of nitro benzene ring substituents is 2. The van der Waals surface area contributed by atoms with Crippen LogP contribution in [0.4, 0.5) is 11.4 Å². The fraction of sp³-hybridized carbons (Fsp3) is 0.111. The lowest BCUT2D eigenvalue weighted by Gasteiger charge is -2.14. The quantitative estimate of drug-likeness (QED) is 0.452. The maximum absolute atomic E-state index is 10.9. The van der Waals surface area contributed by atoms with Gasteiger partial charge in [-0.1, -0.05) is 0 Å². The Bertz CT molecular complexity index is 642. The van der Waals surface area contributed by atoms with E-state index in [1.54, 1.807) is 0 Å². The molecule has 20 heavy (non-hydrogen) atoms. The summed E-state index contributed by atoms with van der Waals surface area (Å²) in [4.78, 5) is 20.0. The van der Waals surface area contributed by atoms with Crippen molar-refractivity contribution in [1.29, 1.82) is 0 Å². The minimum atomic E-state index is -1.45. The van der Waals surface area contributed by atoms with Crippen LogP contribution in [0.2, 0.25) is 0 Å². The van der Waals surface area contributed by atoms with Gasteiger partial charge in [0.05, 0.1) is 21.5 Å². The molecule has 0 fully saturated rings. The van der Waals surface area contributed by atoms with Crippen molar-refractivity contribution in [2.75, 3.05) is 5.43 Å². The molecule has 0 saturated heterocycles. The summed E-state index contributed by atoms with van der Waals surface area (Å²) < 4.78 is 1.19. The Kier molecular flexibility index (Phi) is 3.52. The van der Waals surface area contributed by atoms with Crippen LogP contribution < -0.4 is 5.43 Å². The SMILES string of the molecule is O=[N+]([O-])c1ccc([C@H](O)Nn2cnnc2)c([N+](=O)[O-])c1. The number of hydrogen-bond acceptors (Lipinski definition) is 8. The molecule has 0 radical (unpaired) electrons. The predicted octanol–water partition coefficient (Wildman–Crippen LogP) is 0.329. The molecule has 0 aliphatic rings. The highest BCUT2D eigenvalue weighted by Crippen LogP contribution is 2.28. The Hall–Kier alpha value is -3.08. The third-order valence-electron chi connectivity index (χ3n) is 2.41. The van der Waals surface area contributed by atoms with E-state index in [9.17, 15) is 25.3 Å². The number of benzene rings is 1. The number of aliphatic hydroxyl groups is 1. The van der Waals surface area contributed by atoms with Gasteiger partial charge in [0, 0.05) is 6.07 Å². The highest BCUT2D eigenvalue weighted by Gasteiger charge is 2.24. The molecule has 0 saturated carbocycles. The van der Waals surface area contributed by atoms with Crippen LogP contribution in [0.3, 0.4) is 0 Å². The van der Waals surface area contributed by atoms with Crippen molar-refractivity contribution in [1.82, 2.24) is 14.9 Å². The van der Waals surface area contributed by atoms with Crippen LogP contribution in [0, 0.1) is 20.2 Å². The van der Waals surface area contributed by atoms with Gasteiger partial charge in [-0.15, -0.1) is 10.2 Å². The summed E-state index contributed by atoms with van der Waals surface area (Å²) in [6.45, 7) is 0. The molecule has 0 amide bonds. The van der Waals surface area contributed by atoms with E-state index >= 15 is 0 Å². The molecule has 2 aromatic rings. The van der Waals surface area contributed by atoms with Crippen LogP contribution >= 0.6 is 0 Å². The van der Waals surface area contributed by atoms with Crippen molar-refractivity contribution in [2.24, 2.45) is 0 Å². The number of hydrogen-bond donors (Lipinski definition) is 2. The maximum Gasteiger partial charge on any atom is 0.284 e. The minimum absolute atomic E-state index is 0.116. The lowest BCUT2D eigenvalue weighted by Crippen LogP contribution is -2.20. The second-order valence-corrected chi connectivity index (χ2v) is 3.66. The number of aromatic nitrogens is 3. The monoisotopic (exact) mass is 280 g/mol. The normalized spacial score (nSPS) is 11.8. The van der Waals surface area contributed by atoms with E-state index < -0.39 is 27.4 Å². The van der Waals surface area contributed by atoms with Gasteiger partial charge in [-0.05, 0) is 6.07 Å². The molecular weight excluding hydrogens is 272 g/mol. The molecule has 1 heterocycles. The summed E-state index contributed by atoms with van der Waals surface area (Å²) >= 11 is 0. The third-order valence-corrected chi connectivity index (χ3v) is 2.41. The molecule has 1 aromatic heterocycles. The van der Waals surface area contributed by atoms with E-state index in [-0.39, 0.29) is 5.56 Å². The number of nitrogens with zero attached hydrogens (tertiary/aromatic N) is 5. The van der Waals surface area contributed by atoms with Crippen molar-refractivity contribution >= 4 is 11.4 Å². The summed E-state index contributed by atoms with van der Waals surface area (Å²) in [6.07, 6.45) is 1.02. The number of aliphatic hydroxyl groups excluding tert-OH is 1. The van der Waals surface area contributed by atoms with Crippen molar-refractivity contribution in [3.8, 4) is 0 Å². The van der Waals surface area contributed by atoms with Crippen LogP contribution in [0.25, 0.3) is 0 Å². The van der Waals surface area contributed by atoms with Crippen molar-refractivity contribution in [3.63, 3.8) is 0 Å². The number of rotatable bonds is 5. The standard InChI is InChI=1S/C9H8N6O5/c16-9(12-13-4-10-11-5-13)7-2-1-6(14(17)18)3-8(7)15(19)20/h1-5,9,12,16H/t9-/m0/s1. The molecule has 1 aromatic carbocycles. The van der Waals surface area contributed by atoms with Gasteiger partial charge in [0.2, 0.25) is 0 Å². The topological polar surface area (TPSA) is 149 Å². The second-order valence-electron chi connectivity index (χ2n) is 3.66. The zero-order chi connectivity index (χ0) is 14.7. The summed E-state index contributed by atoms with van der Waals surface area (Å²) in [6, 6.07) is 2.96. The van der Waals surface area contributed by atoms with Gasteiger partial charge >= 0.3 is 0 Å². The summed E-state index contributed by atoms with van der Waals surface area (Å²) in [5.41, 5.74) is 1.34. The van der Waals surface area contributed by atoms with Gasteiger partial charge in [0.25, 0.3) is 11.4 Å². The first-order valence-corrected chi connectivity index (χ1v) is 5.21. The van der Waals surface area contributed by atoms with Crippen LogP contribution in [0.15, 0.2) is 30.9 Å². The second kappa shape index (κ2) is 5.27. The average molecular weight is 280 g/mol. The zero-order valence-corrected chi connectivity index (χ0v) is 9.78. The molecule has 0 aliphatic heterocycles. The van der Waals surface area contributed by atoms with Crippen molar-refractivity contribution < 1.29 is 15.0 Å². The van der Waals surface area contributed by atoms with Gasteiger partial charge in [0.15, 0.2) is 6.23 Å². The van der Waals surface area contributed by atoms with E-state index in [0.717, 1.165) is 18.2 Å². The van der Waals surface area contributed by atoms with E-state index in [1.807, 2.05) is 0 Å². The zero-order valence-electron chi connectivity index (χ0n) is 9.78. The molecule has 0 spiro atoms. The Labute approximate surface area is 110 Å². The fourth-order valence-electron chi connectivity index (χ4n) is 1.51. The van der Waals surface area contributed by atoms with Crippen molar-refractivity contribution in [2.45, 2.75) is 6.23 Å². The smallest absolute Gasteiger partial charge is 0.284 e. The molecule has 11 nitrogen and oxygen atoms in total. The van der Waals surface area contributed by atoms with E-state index in [4.69, 9.17) is 0 Å². The molecule has 11 heteroatoms. The summed E-state index contributed by atoms with van der Waals surface area (Å²) in [5.74, 6) is 0. The first kappa shape index (κ1) is 13.4. The molecule has 1 atom stereocenters. The molecule has 0 unspecified atom stereocenters. The van der Waals surface area contributed by atoms with Crippen LogP contribution in [-0.2, 0) is 0 Å². The number of nitro groups is 2. The minimum Gasteiger partial charge on any atom is -0.368 e. The highest BCUT2D eigenvalue weighted by atomic mass is 16.6. The Morgan fingerprint density at radius 1 is 1.20 bits per heavy atom. The summed E-state index contributed by atoms with van der Waals surface area (Å²) in [5, 5.41) is 38.4. The number of nitrogens with one attached hydrogen (secondary N) is 1. The van der Waals surface area contributed by atoms with Crippen molar-refractivity contribution in [3.05, 3.63) is 56.6 Å². The molecular formula is C9H8N6O5. The van der Waals surface area contributed by atoms with E-state index in [2.05, 4.69) is 15.6 Å². The fourth-order valence-corrected chi connectivity index (χ4v) is 1.51. The molecule has 0 aliphatic carbocycles. The van der Waals surface area contributed by atoms with Crippen LogP contribution in [0.5, 0.6) is 0 Å².